The van der Waals surface area contributed by atoms with Crippen LogP contribution >= 0.6 is 23.7 Å². The highest BCUT2D eigenvalue weighted by Gasteiger charge is 2.13. The first-order valence-corrected chi connectivity index (χ1v) is 5.36. The highest BCUT2D eigenvalue weighted by atomic mass is 35.5. The Morgan fingerprint density at radius 3 is 2.60 bits per heavy atom. The van der Waals surface area contributed by atoms with Gasteiger partial charge in [-0.3, -0.25) is 4.79 Å². The van der Waals surface area contributed by atoms with E-state index in [0.29, 0.717) is 11.6 Å². The van der Waals surface area contributed by atoms with Gasteiger partial charge in [0.05, 0.1) is 11.7 Å². The number of aromatic nitrogens is 1. The molecule has 0 bridgehead atoms. The Balaban J connectivity index is 0.00000196. The van der Waals surface area contributed by atoms with Gasteiger partial charge in [-0.05, 0) is 20.3 Å². The number of hydrogen-bond donors (Lipinski definition) is 2. The quantitative estimate of drug-likeness (QED) is 0.859. The van der Waals surface area contributed by atoms with Crippen molar-refractivity contribution < 1.29 is 4.79 Å². The lowest BCUT2D eigenvalue weighted by Crippen LogP contribution is -2.34. The first-order chi connectivity index (χ1) is 6.54. The number of anilines is 1. The van der Waals surface area contributed by atoms with Crippen LogP contribution in [0.5, 0.6) is 0 Å². The zero-order valence-corrected chi connectivity index (χ0v) is 10.7. The Labute approximate surface area is 99.7 Å². The molecule has 1 amide bonds. The maximum atomic E-state index is 11.4. The molecule has 0 spiro atoms. The van der Waals surface area contributed by atoms with Crippen LogP contribution in [0.1, 0.15) is 23.9 Å². The average Bonchev–Trinajstić information content (AvgIpc) is 2.44. The van der Waals surface area contributed by atoms with Gasteiger partial charge in [0.25, 0.3) is 0 Å². The van der Waals surface area contributed by atoms with Gasteiger partial charge in [0.2, 0.25) is 5.91 Å². The standard InChI is InChI=1S/C9H15N3OS.ClH/c1-4-7(10)8(13)12-9-11-5(2)6(3)14-9;/h7H,4,10H2,1-3H3,(H,11,12,13);1H/t7-;/m0./s1. The van der Waals surface area contributed by atoms with Crippen LogP contribution in [0, 0.1) is 13.8 Å². The van der Waals surface area contributed by atoms with Gasteiger partial charge in [-0.25, -0.2) is 4.98 Å². The summed E-state index contributed by atoms with van der Waals surface area (Å²) in [6.45, 7) is 5.77. The number of nitrogens with two attached hydrogens (primary N) is 1. The molecule has 1 heterocycles. The van der Waals surface area contributed by atoms with Crippen molar-refractivity contribution in [1.82, 2.24) is 4.98 Å². The summed E-state index contributed by atoms with van der Waals surface area (Å²) < 4.78 is 0. The lowest BCUT2D eigenvalue weighted by atomic mass is 10.2. The predicted molar refractivity (Wildman–Crippen MR) is 65.7 cm³/mol. The fourth-order valence-corrected chi connectivity index (χ4v) is 1.73. The van der Waals surface area contributed by atoms with Crippen LogP contribution in [0.3, 0.4) is 0 Å². The van der Waals surface area contributed by atoms with E-state index in [4.69, 9.17) is 5.73 Å². The molecule has 3 N–H and O–H groups in total. The van der Waals surface area contributed by atoms with Crippen molar-refractivity contribution in [3.8, 4) is 0 Å². The molecule has 0 fully saturated rings. The number of hydrogen-bond acceptors (Lipinski definition) is 4. The topological polar surface area (TPSA) is 68.0 Å². The van der Waals surface area contributed by atoms with E-state index < -0.39 is 6.04 Å². The number of rotatable bonds is 3. The molecule has 6 heteroatoms. The van der Waals surface area contributed by atoms with Gasteiger partial charge in [0, 0.05) is 4.88 Å². The lowest BCUT2D eigenvalue weighted by Gasteiger charge is -2.06. The van der Waals surface area contributed by atoms with E-state index in [-0.39, 0.29) is 18.3 Å². The SMILES string of the molecule is CC[C@H](N)C(=O)Nc1nc(C)c(C)s1.Cl. The summed E-state index contributed by atoms with van der Waals surface area (Å²) in [4.78, 5) is 16.7. The third kappa shape index (κ3) is 3.77. The minimum absolute atomic E-state index is 0. The Morgan fingerprint density at radius 2 is 2.20 bits per heavy atom. The molecule has 0 aromatic carbocycles. The summed E-state index contributed by atoms with van der Waals surface area (Å²) in [5.41, 5.74) is 6.53. The van der Waals surface area contributed by atoms with E-state index in [1.165, 1.54) is 11.3 Å². The van der Waals surface area contributed by atoms with Gasteiger partial charge in [-0.15, -0.1) is 23.7 Å². The maximum Gasteiger partial charge on any atom is 0.243 e. The molecule has 0 unspecified atom stereocenters. The van der Waals surface area contributed by atoms with E-state index in [2.05, 4.69) is 10.3 Å². The lowest BCUT2D eigenvalue weighted by molar-refractivity contribution is -0.117. The molecule has 1 aromatic heterocycles. The molecule has 0 aliphatic heterocycles. The van der Waals surface area contributed by atoms with Gasteiger partial charge in [0.15, 0.2) is 5.13 Å². The minimum Gasteiger partial charge on any atom is -0.320 e. The zero-order valence-electron chi connectivity index (χ0n) is 9.03. The van der Waals surface area contributed by atoms with Crippen LogP contribution < -0.4 is 11.1 Å². The van der Waals surface area contributed by atoms with Crippen molar-refractivity contribution in [3.05, 3.63) is 10.6 Å². The molecule has 1 atom stereocenters. The number of nitrogens with zero attached hydrogens (tertiary/aromatic N) is 1. The molecule has 0 radical (unpaired) electrons. The summed E-state index contributed by atoms with van der Waals surface area (Å²) in [6, 6.07) is -0.445. The number of carbonyl (C=O) groups is 1. The average molecular weight is 250 g/mol. The number of amides is 1. The number of carbonyl (C=O) groups excluding carboxylic acids is 1. The number of aryl methyl sites for hydroxylation is 2. The van der Waals surface area contributed by atoms with Gasteiger partial charge in [-0.2, -0.15) is 0 Å². The fourth-order valence-electron chi connectivity index (χ4n) is 0.910. The second-order valence-electron chi connectivity index (χ2n) is 3.16. The highest BCUT2D eigenvalue weighted by Crippen LogP contribution is 2.20. The van der Waals surface area contributed by atoms with E-state index in [1.807, 2.05) is 20.8 Å². The second kappa shape index (κ2) is 6.05. The Kier molecular flexibility index (Phi) is 5.79. The number of nitrogens with one attached hydrogen (secondary N) is 1. The van der Waals surface area contributed by atoms with Gasteiger partial charge in [-0.1, -0.05) is 6.92 Å². The van der Waals surface area contributed by atoms with E-state index in [1.54, 1.807) is 0 Å². The second-order valence-corrected chi connectivity index (χ2v) is 4.37. The summed E-state index contributed by atoms with van der Waals surface area (Å²) >= 11 is 1.47. The molecule has 1 rings (SSSR count). The Hall–Kier alpha value is -0.650. The number of thiazole rings is 1. The molecule has 0 saturated carbocycles. The minimum atomic E-state index is -0.445. The summed E-state index contributed by atoms with van der Waals surface area (Å²) in [6.07, 6.45) is 0.634. The van der Waals surface area contributed by atoms with Gasteiger partial charge in [0.1, 0.15) is 0 Å². The molecule has 4 nitrogen and oxygen atoms in total. The van der Waals surface area contributed by atoms with Crippen molar-refractivity contribution in [1.29, 1.82) is 0 Å². The van der Waals surface area contributed by atoms with Crippen LogP contribution in [0.25, 0.3) is 0 Å². The van der Waals surface area contributed by atoms with Crippen molar-refractivity contribution in [2.45, 2.75) is 33.2 Å². The molecular formula is C9H16ClN3OS. The smallest absolute Gasteiger partial charge is 0.243 e. The first-order valence-electron chi connectivity index (χ1n) is 4.55. The molecule has 1 aromatic rings. The van der Waals surface area contributed by atoms with Crippen molar-refractivity contribution in [2.24, 2.45) is 5.73 Å². The van der Waals surface area contributed by atoms with E-state index in [9.17, 15) is 4.79 Å². The predicted octanol–water partition coefficient (Wildman–Crippen LogP) is 1.86. The molecule has 15 heavy (non-hydrogen) atoms. The van der Waals surface area contributed by atoms with Crippen LogP contribution in [-0.2, 0) is 4.79 Å². The first kappa shape index (κ1) is 14.3. The monoisotopic (exact) mass is 249 g/mol. The Morgan fingerprint density at radius 1 is 1.60 bits per heavy atom. The van der Waals surface area contributed by atoms with Crippen LogP contribution in [0.2, 0.25) is 0 Å². The third-order valence-electron chi connectivity index (χ3n) is 2.04. The molecule has 0 aliphatic carbocycles. The van der Waals surface area contributed by atoms with Crippen molar-refractivity contribution in [2.75, 3.05) is 5.32 Å². The maximum absolute atomic E-state index is 11.4. The molecular weight excluding hydrogens is 234 g/mol. The van der Waals surface area contributed by atoms with Crippen LogP contribution in [-0.4, -0.2) is 16.9 Å². The molecule has 86 valence electrons. The highest BCUT2D eigenvalue weighted by molar-refractivity contribution is 7.15. The van der Waals surface area contributed by atoms with E-state index >= 15 is 0 Å². The van der Waals surface area contributed by atoms with Crippen molar-refractivity contribution in [3.63, 3.8) is 0 Å². The summed E-state index contributed by atoms with van der Waals surface area (Å²) in [5, 5.41) is 3.33. The van der Waals surface area contributed by atoms with E-state index in [0.717, 1.165) is 10.6 Å². The molecule has 0 aliphatic rings. The summed E-state index contributed by atoms with van der Waals surface area (Å²) in [5.74, 6) is -0.166. The molecule has 0 saturated heterocycles. The zero-order chi connectivity index (χ0) is 10.7. The number of halogens is 1. The van der Waals surface area contributed by atoms with Crippen LogP contribution in [0.15, 0.2) is 0 Å². The summed E-state index contributed by atoms with van der Waals surface area (Å²) in [7, 11) is 0. The van der Waals surface area contributed by atoms with Gasteiger partial charge < -0.3 is 11.1 Å². The van der Waals surface area contributed by atoms with Crippen LogP contribution in [0.4, 0.5) is 5.13 Å². The third-order valence-corrected chi connectivity index (χ3v) is 3.02. The van der Waals surface area contributed by atoms with Gasteiger partial charge >= 0.3 is 0 Å². The normalized spacial score (nSPS) is 11.7. The largest absolute Gasteiger partial charge is 0.320 e. The fraction of sp³-hybridized carbons (Fsp3) is 0.556. The Bertz CT molecular complexity index is 321. The van der Waals surface area contributed by atoms with Crippen molar-refractivity contribution >= 4 is 34.8 Å².